The first-order chi connectivity index (χ1) is 16.0. The normalized spacial score (nSPS) is 12.8. The molecule has 0 saturated carbocycles. The molecular formula is C23H34F5NO5. The molecule has 0 aliphatic heterocycles. The first-order valence-electron chi connectivity index (χ1n) is 11.3. The van der Waals surface area contributed by atoms with Gasteiger partial charge in [0, 0.05) is 20.8 Å². The molecule has 1 N–H and O–H groups in total. The summed E-state index contributed by atoms with van der Waals surface area (Å²) in [5.41, 5.74) is 0. The van der Waals surface area contributed by atoms with E-state index in [4.69, 9.17) is 14.2 Å². The Balaban J connectivity index is 2.95. The highest BCUT2D eigenvalue weighted by Gasteiger charge is 2.42. The lowest BCUT2D eigenvalue weighted by atomic mass is 9.97. The number of carbonyl (C=O) groups excluding carboxylic acids is 1. The predicted octanol–water partition coefficient (Wildman–Crippen LogP) is 6.21. The zero-order valence-electron chi connectivity index (χ0n) is 20.2. The van der Waals surface area contributed by atoms with E-state index in [-0.39, 0.29) is 12.6 Å². The predicted molar refractivity (Wildman–Crippen MR) is 115 cm³/mol. The van der Waals surface area contributed by atoms with Crippen LogP contribution in [-0.4, -0.2) is 38.9 Å². The minimum absolute atomic E-state index is 0.183. The Morgan fingerprint density at radius 2 is 1.35 bits per heavy atom. The van der Waals surface area contributed by atoms with E-state index in [1.54, 1.807) is 13.8 Å². The van der Waals surface area contributed by atoms with Crippen molar-refractivity contribution >= 4 is 6.09 Å². The molecule has 0 saturated heterocycles. The van der Waals surface area contributed by atoms with Gasteiger partial charge in [0.1, 0.15) is 0 Å². The molecule has 0 bridgehead atoms. The Kier molecular flexibility index (Phi) is 12.8. The molecule has 0 aliphatic carbocycles. The number of ether oxygens (including phenoxy) is 4. The van der Waals surface area contributed by atoms with Crippen molar-refractivity contribution in [3.8, 4) is 5.75 Å². The molecule has 1 unspecified atom stereocenters. The number of benzene rings is 1. The van der Waals surface area contributed by atoms with Gasteiger partial charge in [-0.25, -0.2) is 18.0 Å². The third-order valence-electron chi connectivity index (χ3n) is 5.23. The van der Waals surface area contributed by atoms with Crippen LogP contribution in [0.1, 0.15) is 65.7 Å². The van der Waals surface area contributed by atoms with Crippen LogP contribution in [0, 0.1) is 35.0 Å². The van der Waals surface area contributed by atoms with Crippen LogP contribution in [0.5, 0.6) is 5.75 Å². The summed E-state index contributed by atoms with van der Waals surface area (Å²) in [6.07, 6.45) is 4.78. The molecule has 1 aromatic carbocycles. The van der Waals surface area contributed by atoms with Crippen LogP contribution in [0.25, 0.3) is 0 Å². The highest BCUT2D eigenvalue weighted by molar-refractivity contribution is 5.70. The lowest BCUT2D eigenvalue weighted by Gasteiger charge is -2.39. The fourth-order valence-electron chi connectivity index (χ4n) is 3.52. The first kappa shape index (κ1) is 30.1. The van der Waals surface area contributed by atoms with Gasteiger partial charge in [-0.3, -0.25) is 0 Å². The maximum atomic E-state index is 13.8. The quantitative estimate of drug-likeness (QED) is 0.102. The van der Waals surface area contributed by atoms with Gasteiger partial charge in [0.2, 0.25) is 34.8 Å². The van der Waals surface area contributed by atoms with Gasteiger partial charge in [-0.2, -0.15) is 8.78 Å². The van der Waals surface area contributed by atoms with E-state index in [2.05, 4.69) is 17.0 Å². The fraction of sp³-hybridized carbons (Fsp3) is 0.696. The third-order valence-corrected chi connectivity index (χ3v) is 5.23. The smallest absolute Gasteiger partial charge is 0.404 e. The molecule has 11 heteroatoms. The van der Waals surface area contributed by atoms with Crippen molar-refractivity contribution in [2.75, 3.05) is 20.8 Å². The number of carbonyl (C=O) groups is 1. The molecule has 0 radical (unpaired) electrons. The van der Waals surface area contributed by atoms with E-state index in [9.17, 15) is 26.7 Å². The lowest BCUT2D eigenvalue weighted by Crippen LogP contribution is -2.51. The summed E-state index contributed by atoms with van der Waals surface area (Å²) in [4.78, 5) is 12.2. The van der Waals surface area contributed by atoms with Crippen molar-refractivity contribution < 1.29 is 45.7 Å². The van der Waals surface area contributed by atoms with Crippen LogP contribution in [-0.2, 0) is 14.2 Å². The Hall–Kier alpha value is -1.98. The molecule has 1 aromatic rings. The van der Waals surface area contributed by atoms with Gasteiger partial charge in [0.25, 0.3) is 5.97 Å². The number of hydrogen-bond acceptors (Lipinski definition) is 5. The van der Waals surface area contributed by atoms with Crippen molar-refractivity contribution in [2.24, 2.45) is 5.92 Å². The summed E-state index contributed by atoms with van der Waals surface area (Å²) in [6, 6.07) is 0. The molecule has 34 heavy (non-hydrogen) atoms. The van der Waals surface area contributed by atoms with Crippen LogP contribution < -0.4 is 10.1 Å². The first-order valence-corrected chi connectivity index (χ1v) is 11.3. The van der Waals surface area contributed by atoms with Crippen LogP contribution >= 0.6 is 0 Å². The molecule has 0 spiro atoms. The monoisotopic (exact) mass is 499 g/mol. The number of hydrogen-bond donors (Lipinski definition) is 1. The van der Waals surface area contributed by atoms with Crippen molar-refractivity contribution in [1.29, 1.82) is 0 Å². The number of methoxy groups -OCH3 is 2. The second kappa shape index (κ2) is 14.4. The maximum absolute atomic E-state index is 13.8. The molecule has 196 valence electrons. The number of halogens is 5. The average molecular weight is 500 g/mol. The zero-order chi connectivity index (χ0) is 25.9. The molecule has 0 aromatic heterocycles. The van der Waals surface area contributed by atoms with Gasteiger partial charge < -0.3 is 24.3 Å². The topological polar surface area (TPSA) is 66.0 Å². The molecule has 0 fully saturated rings. The highest BCUT2D eigenvalue weighted by Crippen LogP contribution is 2.31. The van der Waals surface area contributed by atoms with E-state index in [0.717, 1.165) is 38.5 Å². The van der Waals surface area contributed by atoms with Crippen LogP contribution in [0.2, 0.25) is 0 Å². The number of nitrogens with one attached hydrogen (secondary N) is 1. The molecular weight excluding hydrogens is 465 g/mol. The summed E-state index contributed by atoms with van der Waals surface area (Å²) in [5.74, 6) is -15.1. The van der Waals surface area contributed by atoms with E-state index in [1.807, 2.05) is 0 Å². The van der Waals surface area contributed by atoms with Crippen molar-refractivity contribution in [3.05, 3.63) is 29.1 Å². The zero-order valence-corrected chi connectivity index (χ0v) is 20.2. The molecule has 1 atom stereocenters. The van der Waals surface area contributed by atoms with E-state index in [1.165, 1.54) is 14.2 Å². The van der Waals surface area contributed by atoms with E-state index in [0.29, 0.717) is 6.42 Å². The Morgan fingerprint density at radius 3 is 1.85 bits per heavy atom. The van der Waals surface area contributed by atoms with Gasteiger partial charge in [-0.05, 0) is 20.3 Å². The summed E-state index contributed by atoms with van der Waals surface area (Å²) in [7, 11) is 2.74. The van der Waals surface area contributed by atoms with Gasteiger partial charge in [-0.1, -0.05) is 45.4 Å². The number of rotatable bonds is 15. The second-order valence-electron chi connectivity index (χ2n) is 8.10. The largest absolute Gasteiger partial charge is 0.412 e. The minimum atomic E-state index is -2.35. The SMILES string of the molecule is CCCCCCCCC(CNC(=O)Oc1c(F)c(F)c(F)c(F)c1F)C(OC)(OC)OC(C)C. The van der Waals surface area contributed by atoms with Crippen molar-refractivity contribution in [3.63, 3.8) is 0 Å². The Morgan fingerprint density at radius 1 is 0.853 bits per heavy atom. The van der Waals surface area contributed by atoms with Gasteiger partial charge in [0.15, 0.2) is 0 Å². The Bertz CT molecular complexity index is 760. The molecule has 1 amide bonds. The van der Waals surface area contributed by atoms with E-state index < -0.39 is 52.8 Å². The minimum Gasteiger partial charge on any atom is -0.404 e. The Labute approximate surface area is 197 Å². The van der Waals surface area contributed by atoms with Crippen LogP contribution in [0.3, 0.4) is 0 Å². The van der Waals surface area contributed by atoms with E-state index >= 15 is 0 Å². The number of amides is 1. The van der Waals surface area contributed by atoms with Crippen molar-refractivity contribution in [2.45, 2.75) is 77.8 Å². The standard InChI is InChI=1S/C23H34F5NO5/c1-6-7-8-9-10-11-12-15(23(31-4,32-5)34-14(2)3)13-29-22(30)33-21-19(27)17(25)16(24)18(26)20(21)28/h14-15H,6-13H2,1-5H3,(H,29,30). The summed E-state index contributed by atoms with van der Waals surface area (Å²) in [5, 5.41) is 2.27. The highest BCUT2D eigenvalue weighted by atomic mass is 19.2. The number of unbranched alkanes of at least 4 members (excludes halogenated alkanes) is 5. The summed E-state index contributed by atoms with van der Waals surface area (Å²) >= 11 is 0. The molecule has 0 aliphatic rings. The molecule has 0 heterocycles. The second-order valence-corrected chi connectivity index (χ2v) is 8.10. The summed E-state index contributed by atoms with van der Waals surface area (Å²) in [6.45, 7) is 5.46. The van der Waals surface area contributed by atoms with Gasteiger partial charge in [-0.15, -0.1) is 0 Å². The summed E-state index contributed by atoms with van der Waals surface area (Å²) < 4.78 is 88.8. The maximum Gasteiger partial charge on any atom is 0.412 e. The van der Waals surface area contributed by atoms with Gasteiger partial charge >= 0.3 is 6.09 Å². The van der Waals surface area contributed by atoms with Crippen molar-refractivity contribution in [1.82, 2.24) is 5.32 Å². The molecule has 6 nitrogen and oxygen atoms in total. The van der Waals surface area contributed by atoms with Gasteiger partial charge in [0.05, 0.1) is 12.0 Å². The average Bonchev–Trinajstić information content (AvgIpc) is 2.81. The third kappa shape index (κ3) is 8.06. The van der Waals surface area contributed by atoms with Crippen LogP contribution in [0.15, 0.2) is 0 Å². The lowest BCUT2D eigenvalue weighted by molar-refractivity contribution is -0.397. The molecule has 1 rings (SSSR count). The fourth-order valence-corrected chi connectivity index (χ4v) is 3.52. The van der Waals surface area contributed by atoms with Crippen LogP contribution in [0.4, 0.5) is 26.7 Å².